The second-order valence-electron chi connectivity index (χ2n) is 3.85. The molecule has 0 atom stereocenters. The van der Waals surface area contributed by atoms with Crippen LogP contribution in [0.1, 0.15) is 20.3 Å². The predicted molar refractivity (Wildman–Crippen MR) is 75.5 cm³/mol. The fourth-order valence-corrected chi connectivity index (χ4v) is 1.93. The zero-order valence-corrected chi connectivity index (χ0v) is 12.2. The van der Waals surface area contributed by atoms with Crippen LogP contribution in [0.25, 0.3) is 0 Å². The molecule has 18 heavy (non-hydrogen) atoms. The number of hydrogen-bond donors (Lipinski definition) is 1. The lowest BCUT2D eigenvalue weighted by atomic mass is 10.3. The maximum atomic E-state index is 11.6. The topological polar surface area (TPSA) is 49.4 Å². The van der Waals surface area contributed by atoms with Crippen molar-refractivity contribution in [1.29, 1.82) is 0 Å². The molecule has 98 valence electrons. The first kappa shape index (κ1) is 14.7. The molecule has 0 bridgehead atoms. The highest BCUT2D eigenvalue weighted by molar-refractivity contribution is 9.10. The van der Waals surface area contributed by atoms with Gasteiger partial charge in [0.1, 0.15) is 0 Å². The number of anilines is 1. The fourth-order valence-electron chi connectivity index (χ4n) is 1.54. The third-order valence-corrected chi connectivity index (χ3v) is 2.97. The van der Waals surface area contributed by atoms with Crippen LogP contribution in [-0.2, 0) is 9.59 Å². The maximum absolute atomic E-state index is 11.6. The van der Waals surface area contributed by atoms with E-state index in [0.717, 1.165) is 10.2 Å². The van der Waals surface area contributed by atoms with Crippen molar-refractivity contribution < 1.29 is 9.59 Å². The summed E-state index contributed by atoms with van der Waals surface area (Å²) in [6, 6.07) is 7.53. The maximum Gasteiger partial charge on any atom is 0.223 e. The molecule has 0 unspecified atom stereocenters. The number of carbonyl (C=O) groups is 2. The molecule has 0 aliphatic rings. The van der Waals surface area contributed by atoms with Crippen molar-refractivity contribution in [2.75, 3.05) is 18.0 Å². The van der Waals surface area contributed by atoms with Crippen LogP contribution >= 0.6 is 15.9 Å². The minimum Gasteiger partial charge on any atom is -0.354 e. The molecular formula is C13H17BrN2O2. The summed E-state index contributed by atoms with van der Waals surface area (Å²) in [5.41, 5.74) is 0.822. The van der Waals surface area contributed by atoms with Gasteiger partial charge in [0.25, 0.3) is 0 Å². The molecule has 2 amide bonds. The molecule has 1 rings (SSSR count). The number of rotatable bonds is 5. The molecule has 0 aliphatic carbocycles. The summed E-state index contributed by atoms with van der Waals surface area (Å²) in [7, 11) is 0. The largest absolute Gasteiger partial charge is 0.354 e. The van der Waals surface area contributed by atoms with Gasteiger partial charge in [0.15, 0.2) is 0 Å². The minimum absolute atomic E-state index is 0.00672. The molecule has 0 saturated carbocycles. The first-order valence-corrected chi connectivity index (χ1v) is 6.64. The van der Waals surface area contributed by atoms with Gasteiger partial charge in [-0.2, -0.15) is 0 Å². The Morgan fingerprint density at radius 1 is 1.39 bits per heavy atom. The number of amides is 2. The number of carbonyl (C=O) groups excluding carboxylic acids is 2. The number of halogens is 1. The molecule has 0 heterocycles. The summed E-state index contributed by atoms with van der Waals surface area (Å²) in [5, 5.41) is 2.76. The Kier molecular flexibility index (Phi) is 5.85. The molecule has 4 nitrogen and oxygen atoms in total. The van der Waals surface area contributed by atoms with E-state index in [4.69, 9.17) is 0 Å². The second-order valence-corrected chi connectivity index (χ2v) is 4.77. The second kappa shape index (κ2) is 7.16. The lowest BCUT2D eigenvalue weighted by Gasteiger charge is -2.21. The van der Waals surface area contributed by atoms with Crippen LogP contribution in [0, 0.1) is 0 Å². The molecule has 0 saturated heterocycles. The van der Waals surface area contributed by atoms with Crippen molar-refractivity contribution in [3.8, 4) is 0 Å². The number of benzene rings is 1. The van der Waals surface area contributed by atoms with E-state index in [2.05, 4.69) is 21.2 Å². The summed E-state index contributed by atoms with van der Waals surface area (Å²) in [6.07, 6.45) is 0.455. The van der Waals surface area contributed by atoms with E-state index >= 15 is 0 Å². The van der Waals surface area contributed by atoms with Gasteiger partial charge in [-0.1, -0.05) is 28.9 Å². The Morgan fingerprint density at radius 3 is 2.67 bits per heavy atom. The Bertz CT molecular complexity index is 435. The van der Waals surface area contributed by atoms with Gasteiger partial charge in [-0.25, -0.2) is 0 Å². The summed E-state index contributed by atoms with van der Waals surface area (Å²) in [6.45, 7) is 4.24. The van der Waals surface area contributed by atoms with Crippen LogP contribution in [0.4, 0.5) is 5.69 Å². The summed E-state index contributed by atoms with van der Waals surface area (Å²) < 4.78 is 0.920. The van der Waals surface area contributed by atoms with Crippen molar-refractivity contribution in [3.05, 3.63) is 28.7 Å². The molecule has 0 fully saturated rings. The van der Waals surface area contributed by atoms with Gasteiger partial charge in [0, 0.05) is 36.6 Å². The van der Waals surface area contributed by atoms with Gasteiger partial charge in [0.05, 0.1) is 0 Å². The Balaban J connectivity index is 2.66. The highest BCUT2D eigenvalue weighted by atomic mass is 79.9. The van der Waals surface area contributed by atoms with Gasteiger partial charge >= 0.3 is 0 Å². The summed E-state index contributed by atoms with van der Waals surface area (Å²) >= 11 is 3.37. The first-order chi connectivity index (χ1) is 8.54. The van der Waals surface area contributed by atoms with E-state index in [0.29, 0.717) is 19.5 Å². The van der Waals surface area contributed by atoms with Gasteiger partial charge in [-0.3, -0.25) is 9.59 Å². The molecule has 5 heteroatoms. The Labute approximate surface area is 115 Å². The van der Waals surface area contributed by atoms with Crippen LogP contribution in [-0.4, -0.2) is 24.9 Å². The quantitative estimate of drug-likeness (QED) is 0.907. The lowest BCUT2D eigenvalue weighted by Crippen LogP contribution is -2.37. The van der Waals surface area contributed by atoms with Crippen LogP contribution in [0.5, 0.6) is 0 Å². The normalized spacial score (nSPS) is 9.94. The third-order valence-electron chi connectivity index (χ3n) is 2.48. The van der Waals surface area contributed by atoms with Gasteiger partial charge in [0.2, 0.25) is 11.8 Å². The van der Waals surface area contributed by atoms with Crippen molar-refractivity contribution in [2.24, 2.45) is 0 Å². The highest BCUT2D eigenvalue weighted by Gasteiger charge is 2.11. The average Bonchev–Trinajstić information content (AvgIpc) is 2.33. The molecule has 0 aliphatic heterocycles. The predicted octanol–water partition coefficient (Wildman–Crippen LogP) is 2.33. The summed E-state index contributed by atoms with van der Waals surface area (Å²) in [4.78, 5) is 24.4. The van der Waals surface area contributed by atoms with E-state index in [1.165, 1.54) is 6.92 Å². The molecule has 0 aromatic heterocycles. The molecule has 1 N–H and O–H groups in total. The van der Waals surface area contributed by atoms with Gasteiger partial charge in [-0.15, -0.1) is 0 Å². The Morgan fingerprint density at radius 2 is 2.11 bits per heavy atom. The molecule has 0 spiro atoms. The smallest absolute Gasteiger partial charge is 0.223 e. The van der Waals surface area contributed by atoms with E-state index in [9.17, 15) is 9.59 Å². The Hall–Kier alpha value is -1.36. The van der Waals surface area contributed by atoms with Crippen LogP contribution < -0.4 is 10.2 Å². The van der Waals surface area contributed by atoms with Gasteiger partial charge < -0.3 is 10.2 Å². The SMILES string of the molecule is CCC(=O)NCCN(C(C)=O)c1cccc(Br)c1. The highest BCUT2D eigenvalue weighted by Crippen LogP contribution is 2.19. The molecular weight excluding hydrogens is 296 g/mol. The van der Waals surface area contributed by atoms with Crippen molar-refractivity contribution in [1.82, 2.24) is 5.32 Å². The molecule has 1 aromatic carbocycles. The number of nitrogens with zero attached hydrogens (tertiary/aromatic N) is 1. The van der Waals surface area contributed by atoms with E-state index < -0.39 is 0 Å². The van der Waals surface area contributed by atoms with E-state index in [1.54, 1.807) is 11.8 Å². The van der Waals surface area contributed by atoms with E-state index in [1.807, 2.05) is 24.3 Å². The monoisotopic (exact) mass is 312 g/mol. The standard InChI is InChI=1S/C13H17BrN2O2/c1-3-13(18)15-7-8-16(10(2)17)12-6-4-5-11(14)9-12/h4-6,9H,3,7-8H2,1-2H3,(H,15,18). The van der Waals surface area contributed by atoms with Crippen LogP contribution in [0.2, 0.25) is 0 Å². The zero-order valence-electron chi connectivity index (χ0n) is 10.6. The summed E-state index contributed by atoms with van der Waals surface area (Å²) in [5.74, 6) is -0.0495. The van der Waals surface area contributed by atoms with Crippen LogP contribution in [0.3, 0.4) is 0 Å². The van der Waals surface area contributed by atoms with Gasteiger partial charge in [-0.05, 0) is 18.2 Å². The zero-order chi connectivity index (χ0) is 13.5. The van der Waals surface area contributed by atoms with Crippen molar-refractivity contribution in [3.63, 3.8) is 0 Å². The average molecular weight is 313 g/mol. The van der Waals surface area contributed by atoms with Crippen LogP contribution in [0.15, 0.2) is 28.7 Å². The minimum atomic E-state index is -0.0427. The molecule has 0 radical (unpaired) electrons. The van der Waals surface area contributed by atoms with Crippen molar-refractivity contribution >= 4 is 33.4 Å². The first-order valence-electron chi connectivity index (χ1n) is 5.85. The molecule has 1 aromatic rings. The number of hydrogen-bond acceptors (Lipinski definition) is 2. The van der Waals surface area contributed by atoms with Crippen molar-refractivity contribution in [2.45, 2.75) is 20.3 Å². The third kappa shape index (κ3) is 4.49. The lowest BCUT2D eigenvalue weighted by molar-refractivity contribution is -0.121. The number of nitrogens with one attached hydrogen (secondary N) is 1. The fraction of sp³-hybridized carbons (Fsp3) is 0.385. The van der Waals surface area contributed by atoms with E-state index in [-0.39, 0.29) is 11.8 Å².